The minimum absolute atomic E-state index is 0.141. The number of amides is 1. The predicted octanol–water partition coefficient (Wildman–Crippen LogP) is 1.76. The molecule has 0 bridgehead atoms. The minimum Gasteiger partial charge on any atom is -0.381 e. The summed E-state index contributed by atoms with van der Waals surface area (Å²) < 4.78 is 7.33. The lowest BCUT2D eigenvalue weighted by atomic mass is 9.87. The van der Waals surface area contributed by atoms with Gasteiger partial charge in [-0.05, 0) is 31.9 Å². The monoisotopic (exact) mass is 326 g/mol. The molecule has 1 atom stereocenters. The number of para-hydroxylation sites is 1. The molecular formula is C18H22N4O2. The summed E-state index contributed by atoms with van der Waals surface area (Å²) in [5.74, 6) is 0.141. The molecule has 0 radical (unpaired) electrons. The maximum absolute atomic E-state index is 12.7. The number of carbonyl (C=O) groups is 1. The molecule has 1 spiro atoms. The minimum atomic E-state index is 0.141. The van der Waals surface area contributed by atoms with E-state index in [2.05, 4.69) is 10.3 Å². The fourth-order valence-electron chi connectivity index (χ4n) is 3.71. The fourth-order valence-corrected chi connectivity index (χ4v) is 3.71. The first-order chi connectivity index (χ1) is 11.7. The van der Waals surface area contributed by atoms with Crippen molar-refractivity contribution in [3.05, 3.63) is 41.7 Å². The lowest BCUT2D eigenvalue weighted by Gasteiger charge is -2.21. The molecule has 0 N–H and O–H groups in total. The van der Waals surface area contributed by atoms with Crippen LogP contribution in [0.5, 0.6) is 0 Å². The van der Waals surface area contributed by atoms with Crippen molar-refractivity contribution in [2.75, 3.05) is 26.3 Å². The van der Waals surface area contributed by atoms with Gasteiger partial charge in [0.05, 0.1) is 30.1 Å². The van der Waals surface area contributed by atoms with E-state index in [4.69, 9.17) is 4.74 Å². The average Bonchev–Trinajstić information content (AvgIpc) is 3.32. The van der Waals surface area contributed by atoms with Gasteiger partial charge in [-0.25, -0.2) is 4.68 Å². The van der Waals surface area contributed by atoms with Crippen LogP contribution in [0.15, 0.2) is 30.3 Å². The Hall–Kier alpha value is -2.21. The van der Waals surface area contributed by atoms with Crippen LogP contribution in [-0.2, 0) is 16.0 Å². The number of hydrogen-bond donors (Lipinski definition) is 0. The number of nitrogens with zero attached hydrogens (tertiary/aromatic N) is 4. The Morgan fingerprint density at radius 1 is 1.29 bits per heavy atom. The second-order valence-electron chi connectivity index (χ2n) is 6.91. The SMILES string of the molecule is Cc1c(CC(=O)N2CCC3(CCOC3)C2)nnn1-c1ccccc1. The zero-order valence-electron chi connectivity index (χ0n) is 13.9. The summed E-state index contributed by atoms with van der Waals surface area (Å²) in [5.41, 5.74) is 2.84. The van der Waals surface area contributed by atoms with Crippen LogP contribution in [0.3, 0.4) is 0 Å². The van der Waals surface area contributed by atoms with Gasteiger partial charge < -0.3 is 9.64 Å². The summed E-state index contributed by atoms with van der Waals surface area (Å²) in [5, 5.41) is 8.45. The standard InChI is InChI=1S/C18H22N4O2/c1-14-16(19-20-22(14)15-5-3-2-4-6-15)11-17(23)21-9-7-18(12-21)8-10-24-13-18/h2-6H,7-13H2,1H3. The molecular weight excluding hydrogens is 304 g/mol. The van der Waals surface area contributed by atoms with E-state index >= 15 is 0 Å². The first-order valence-electron chi connectivity index (χ1n) is 8.49. The van der Waals surface area contributed by atoms with Crippen molar-refractivity contribution in [2.24, 2.45) is 5.41 Å². The van der Waals surface area contributed by atoms with Gasteiger partial charge in [-0.15, -0.1) is 5.10 Å². The Kier molecular flexibility index (Phi) is 3.84. The van der Waals surface area contributed by atoms with Crippen molar-refractivity contribution < 1.29 is 9.53 Å². The summed E-state index contributed by atoms with van der Waals surface area (Å²) >= 11 is 0. The molecule has 6 nitrogen and oxygen atoms in total. The van der Waals surface area contributed by atoms with Gasteiger partial charge >= 0.3 is 0 Å². The van der Waals surface area contributed by atoms with Crippen molar-refractivity contribution >= 4 is 5.91 Å². The predicted molar refractivity (Wildman–Crippen MR) is 88.9 cm³/mol. The van der Waals surface area contributed by atoms with Crippen molar-refractivity contribution in [3.8, 4) is 5.69 Å². The van der Waals surface area contributed by atoms with E-state index in [9.17, 15) is 4.79 Å². The number of aromatic nitrogens is 3. The van der Waals surface area contributed by atoms with Gasteiger partial charge in [0.2, 0.25) is 5.91 Å². The normalized spacial score (nSPS) is 23.3. The Labute approximate surface area is 141 Å². The van der Waals surface area contributed by atoms with E-state index < -0.39 is 0 Å². The van der Waals surface area contributed by atoms with Crippen LogP contribution in [0, 0.1) is 12.3 Å². The lowest BCUT2D eigenvalue weighted by molar-refractivity contribution is -0.129. The highest BCUT2D eigenvalue weighted by molar-refractivity contribution is 5.79. The molecule has 4 rings (SSSR count). The lowest BCUT2D eigenvalue weighted by Crippen LogP contribution is -2.33. The molecule has 2 aromatic rings. The summed E-state index contributed by atoms with van der Waals surface area (Å²) in [7, 11) is 0. The highest BCUT2D eigenvalue weighted by Crippen LogP contribution is 2.38. The molecule has 2 saturated heterocycles. The largest absolute Gasteiger partial charge is 0.381 e. The third-order valence-corrected chi connectivity index (χ3v) is 5.29. The van der Waals surface area contributed by atoms with Gasteiger partial charge in [-0.1, -0.05) is 23.4 Å². The molecule has 0 saturated carbocycles. The van der Waals surface area contributed by atoms with Crippen LogP contribution in [-0.4, -0.2) is 52.1 Å². The van der Waals surface area contributed by atoms with E-state index in [0.717, 1.165) is 56.2 Å². The van der Waals surface area contributed by atoms with E-state index in [-0.39, 0.29) is 11.3 Å². The Morgan fingerprint density at radius 2 is 2.12 bits per heavy atom. The highest BCUT2D eigenvalue weighted by Gasteiger charge is 2.42. The molecule has 1 aromatic heterocycles. The third kappa shape index (κ3) is 2.71. The molecule has 2 aliphatic rings. The highest BCUT2D eigenvalue weighted by atomic mass is 16.5. The van der Waals surface area contributed by atoms with Crippen LogP contribution in [0.2, 0.25) is 0 Å². The molecule has 2 fully saturated rings. The zero-order chi connectivity index (χ0) is 16.6. The summed E-state index contributed by atoms with van der Waals surface area (Å²) in [6.45, 7) is 5.23. The number of benzene rings is 1. The topological polar surface area (TPSA) is 60.3 Å². The van der Waals surface area contributed by atoms with E-state index in [0.29, 0.717) is 6.42 Å². The van der Waals surface area contributed by atoms with Crippen LogP contribution in [0.4, 0.5) is 0 Å². The van der Waals surface area contributed by atoms with Gasteiger partial charge in [-0.3, -0.25) is 4.79 Å². The van der Waals surface area contributed by atoms with E-state index in [1.807, 2.05) is 42.2 Å². The Balaban J connectivity index is 1.46. The van der Waals surface area contributed by atoms with Crippen LogP contribution in [0.25, 0.3) is 5.69 Å². The Morgan fingerprint density at radius 3 is 2.88 bits per heavy atom. The van der Waals surface area contributed by atoms with E-state index in [1.54, 1.807) is 4.68 Å². The van der Waals surface area contributed by atoms with Crippen LogP contribution >= 0.6 is 0 Å². The van der Waals surface area contributed by atoms with Gasteiger partial charge in [0.1, 0.15) is 0 Å². The number of rotatable bonds is 3. The number of hydrogen-bond acceptors (Lipinski definition) is 4. The summed E-state index contributed by atoms with van der Waals surface area (Å²) in [6.07, 6.45) is 2.43. The smallest absolute Gasteiger partial charge is 0.228 e. The molecule has 1 unspecified atom stereocenters. The quantitative estimate of drug-likeness (QED) is 0.862. The average molecular weight is 326 g/mol. The molecule has 2 aliphatic heterocycles. The molecule has 126 valence electrons. The molecule has 0 aliphatic carbocycles. The summed E-state index contributed by atoms with van der Waals surface area (Å²) in [6, 6.07) is 9.87. The first kappa shape index (κ1) is 15.3. The number of carbonyl (C=O) groups excluding carboxylic acids is 1. The number of likely N-dealkylation sites (tertiary alicyclic amines) is 1. The number of ether oxygens (including phenoxy) is 1. The van der Waals surface area contributed by atoms with Crippen molar-refractivity contribution in [2.45, 2.75) is 26.2 Å². The molecule has 3 heterocycles. The zero-order valence-corrected chi connectivity index (χ0v) is 13.9. The summed E-state index contributed by atoms with van der Waals surface area (Å²) in [4.78, 5) is 14.6. The fraction of sp³-hybridized carbons (Fsp3) is 0.500. The molecule has 1 amide bonds. The second-order valence-corrected chi connectivity index (χ2v) is 6.91. The van der Waals surface area contributed by atoms with Gasteiger partial charge in [0.25, 0.3) is 0 Å². The maximum atomic E-state index is 12.7. The second kappa shape index (κ2) is 6.02. The molecule has 1 aromatic carbocycles. The van der Waals surface area contributed by atoms with E-state index in [1.165, 1.54) is 0 Å². The van der Waals surface area contributed by atoms with Crippen LogP contribution < -0.4 is 0 Å². The molecule has 6 heteroatoms. The van der Waals surface area contributed by atoms with Crippen molar-refractivity contribution in [1.29, 1.82) is 0 Å². The third-order valence-electron chi connectivity index (χ3n) is 5.29. The van der Waals surface area contributed by atoms with Gasteiger partial charge in [0, 0.05) is 25.1 Å². The van der Waals surface area contributed by atoms with Crippen molar-refractivity contribution in [1.82, 2.24) is 19.9 Å². The van der Waals surface area contributed by atoms with Gasteiger partial charge in [-0.2, -0.15) is 0 Å². The molecule has 24 heavy (non-hydrogen) atoms. The Bertz CT molecular complexity index is 735. The van der Waals surface area contributed by atoms with Gasteiger partial charge in [0.15, 0.2) is 0 Å². The maximum Gasteiger partial charge on any atom is 0.228 e. The first-order valence-corrected chi connectivity index (χ1v) is 8.49. The van der Waals surface area contributed by atoms with Crippen molar-refractivity contribution in [3.63, 3.8) is 0 Å². The van der Waals surface area contributed by atoms with Crippen LogP contribution in [0.1, 0.15) is 24.2 Å².